The molecule has 4 rings (SSSR count). The normalized spacial score (nSPS) is 15.7. The van der Waals surface area contributed by atoms with Gasteiger partial charge in [-0.25, -0.2) is 9.18 Å². The molecule has 1 aliphatic rings. The van der Waals surface area contributed by atoms with E-state index < -0.39 is 5.97 Å². The van der Waals surface area contributed by atoms with Crippen LogP contribution in [0.5, 0.6) is 0 Å². The van der Waals surface area contributed by atoms with Gasteiger partial charge in [0.15, 0.2) is 6.61 Å². The number of carbonyl (C=O) groups is 2. The lowest BCUT2D eigenvalue weighted by Crippen LogP contribution is -2.14. The first-order chi connectivity index (χ1) is 14.3. The van der Waals surface area contributed by atoms with Crippen molar-refractivity contribution in [1.82, 2.24) is 4.57 Å². The van der Waals surface area contributed by atoms with E-state index in [1.54, 1.807) is 35.8 Å². The number of fused-ring (bicyclic) bond motifs is 1. The van der Waals surface area contributed by atoms with Crippen LogP contribution in [-0.4, -0.2) is 22.9 Å². The number of rotatable bonds is 5. The maximum Gasteiger partial charge on any atom is 0.348 e. The van der Waals surface area contributed by atoms with E-state index in [1.807, 2.05) is 13.0 Å². The average Bonchev–Trinajstić information content (AvgIpc) is 3.27. The number of thiophene rings is 1. The number of nitrogens with zero attached hydrogens (tertiary/aromatic N) is 1. The molecule has 0 N–H and O–H groups in total. The van der Waals surface area contributed by atoms with Crippen molar-refractivity contribution in [3.63, 3.8) is 0 Å². The fourth-order valence-electron chi connectivity index (χ4n) is 4.14. The second-order valence-corrected chi connectivity index (χ2v) is 9.11. The minimum atomic E-state index is -0.460. The molecule has 1 unspecified atom stereocenters. The fourth-order valence-corrected chi connectivity index (χ4v) is 5.24. The van der Waals surface area contributed by atoms with E-state index in [0.29, 0.717) is 27.7 Å². The first-order valence-corrected chi connectivity index (χ1v) is 10.9. The average molecular weight is 426 g/mol. The largest absolute Gasteiger partial charge is 0.453 e. The molecule has 0 amide bonds. The Hall–Kier alpha value is -2.73. The van der Waals surface area contributed by atoms with E-state index in [1.165, 1.54) is 27.8 Å². The van der Waals surface area contributed by atoms with Crippen LogP contribution in [0.4, 0.5) is 4.39 Å². The zero-order valence-corrected chi connectivity index (χ0v) is 18.1. The van der Waals surface area contributed by atoms with Gasteiger partial charge in [-0.2, -0.15) is 0 Å². The van der Waals surface area contributed by atoms with Crippen molar-refractivity contribution in [2.75, 3.05) is 6.61 Å². The summed E-state index contributed by atoms with van der Waals surface area (Å²) in [5, 5.41) is 0. The number of aryl methyl sites for hydroxylation is 2. The molecule has 0 bridgehead atoms. The van der Waals surface area contributed by atoms with E-state index in [-0.39, 0.29) is 18.2 Å². The minimum Gasteiger partial charge on any atom is -0.453 e. The molecule has 0 spiro atoms. The Labute approximate surface area is 179 Å². The molecule has 3 aromatic rings. The van der Waals surface area contributed by atoms with Crippen LogP contribution in [0.15, 0.2) is 36.4 Å². The fraction of sp³-hybridized carbons (Fsp3) is 0.333. The number of ether oxygens (including phenoxy) is 1. The number of hydrogen-bond acceptors (Lipinski definition) is 4. The summed E-state index contributed by atoms with van der Waals surface area (Å²) >= 11 is 1.47. The van der Waals surface area contributed by atoms with Crippen molar-refractivity contribution in [2.45, 2.75) is 40.0 Å². The second-order valence-electron chi connectivity index (χ2n) is 7.98. The van der Waals surface area contributed by atoms with Gasteiger partial charge in [0.2, 0.25) is 5.78 Å². The number of ketones is 1. The number of esters is 1. The Bertz CT molecular complexity index is 1130. The van der Waals surface area contributed by atoms with Gasteiger partial charge in [0.1, 0.15) is 10.7 Å². The van der Waals surface area contributed by atoms with Gasteiger partial charge in [-0.15, -0.1) is 11.3 Å². The Morgan fingerprint density at radius 3 is 2.77 bits per heavy atom. The van der Waals surface area contributed by atoms with Crippen LogP contribution in [0.2, 0.25) is 0 Å². The smallest absolute Gasteiger partial charge is 0.348 e. The summed E-state index contributed by atoms with van der Waals surface area (Å²) in [6, 6.07) is 10.1. The first-order valence-electron chi connectivity index (χ1n) is 10.1. The lowest BCUT2D eigenvalue weighted by molar-refractivity contribution is 0.0479. The summed E-state index contributed by atoms with van der Waals surface area (Å²) in [5.41, 5.74) is 3.42. The molecule has 0 radical (unpaired) electrons. The topological polar surface area (TPSA) is 48.3 Å². The predicted octanol–water partition coefficient (Wildman–Crippen LogP) is 5.46. The molecule has 4 nitrogen and oxygen atoms in total. The number of carbonyl (C=O) groups excluding carboxylic acids is 2. The van der Waals surface area contributed by atoms with Crippen LogP contribution >= 0.6 is 11.3 Å². The Balaban J connectivity index is 1.48. The van der Waals surface area contributed by atoms with Gasteiger partial charge in [-0.1, -0.05) is 19.1 Å². The molecule has 2 aromatic heterocycles. The Morgan fingerprint density at radius 2 is 2.00 bits per heavy atom. The summed E-state index contributed by atoms with van der Waals surface area (Å²) in [4.78, 5) is 27.0. The monoisotopic (exact) mass is 425 g/mol. The van der Waals surface area contributed by atoms with E-state index >= 15 is 0 Å². The molecule has 156 valence electrons. The summed E-state index contributed by atoms with van der Waals surface area (Å²) in [6.45, 7) is 5.47. The molecule has 1 aliphatic carbocycles. The quantitative estimate of drug-likeness (QED) is 0.403. The third kappa shape index (κ3) is 3.84. The highest BCUT2D eigenvalue weighted by molar-refractivity contribution is 7.14. The number of para-hydroxylation sites is 1. The predicted molar refractivity (Wildman–Crippen MR) is 115 cm³/mol. The van der Waals surface area contributed by atoms with Crippen LogP contribution in [-0.2, 0) is 17.6 Å². The lowest BCUT2D eigenvalue weighted by atomic mass is 9.90. The lowest BCUT2D eigenvalue weighted by Gasteiger charge is -2.16. The molecule has 0 saturated heterocycles. The van der Waals surface area contributed by atoms with Crippen molar-refractivity contribution < 1.29 is 18.7 Å². The van der Waals surface area contributed by atoms with Crippen molar-refractivity contribution in [2.24, 2.45) is 5.92 Å². The SMILES string of the molecule is Cc1cc(C(=O)COC(=O)c2cc3c(s2)CCC(C)C3)c(C)n1-c1ccccc1F. The third-order valence-electron chi connectivity index (χ3n) is 5.69. The first kappa shape index (κ1) is 20.5. The van der Waals surface area contributed by atoms with Gasteiger partial charge in [-0.3, -0.25) is 4.79 Å². The van der Waals surface area contributed by atoms with Crippen LogP contribution in [0.1, 0.15) is 55.2 Å². The summed E-state index contributed by atoms with van der Waals surface area (Å²) in [5.74, 6) is -0.491. The third-order valence-corrected chi connectivity index (χ3v) is 6.91. The van der Waals surface area contributed by atoms with Gasteiger partial charge in [0.25, 0.3) is 0 Å². The Morgan fingerprint density at radius 1 is 1.23 bits per heavy atom. The molecule has 1 aromatic carbocycles. The van der Waals surface area contributed by atoms with E-state index in [2.05, 4.69) is 6.92 Å². The molecule has 0 saturated carbocycles. The van der Waals surface area contributed by atoms with E-state index in [0.717, 1.165) is 25.0 Å². The van der Waals surface area contributed by atoms with Crippen molar-refractivity contribution in [1.29, 1.82) is 0 Å². The van der Waals surface area contributed by atoms with Crippen molar-refractivity contribution in [3.8, 4) is 5.69 Å². The van der Waals surface area contributed by atoms with Gasteiger partial charge in [0.05, 0.1) is 5.69 Å². The number of benzene rings is 1. The number of Topliss-reactive ketones (excluding diaryl/α,β-unsaturated/α-hetero) is 1. The number of aromatic nitrogens is 1. The van der Waals surface area contributed by atoms with E-state index in [4.69, 9.17) is 4.74 Å². The number of halogens is 1. The minimum absolute atomic E-state index is 0.297. The maximum atomic E-state index is 14.2. The van der Waals surface area contributed by atoms with Crippen LogP contribution in [0.25, 0.3) is 5.69 Å². The van der Waals surface area contributed by atoms with Gasteiger partial charge in [-0.05, 0) is 68.9 Å². The molecule has 2 heterocycles. The highest BCUT2D eigenvalue weighted by Gasteiger charge is 2.23. The maximum absolute atomic E-state index is 14.2. The zero-order valence-electron chi connectivity index (χ0n) is 17.3. The molecular formula is C24H24FNO3S. The van der Waals surface area contributed by atoms with Crippen LogP contribution in [0.3, 0.4) is 0 Å². The Kier molecular flexibility index (Phi) is 5.60. The molecule has 0 aliphatic heterocycles. The standard InChI is InChI=1S/C24H24FNO3S/c1-14-8-9-22-17(10-14)12-23(30-22)24(28)29-13-21(27)18-11-15(2)26(16(18)3)20-7-5-4-6-19(20)25/h4-7,11-12,14H,8-10,13H2,1-3H3. The highest BCUT2D eigenvalue weighted by atomic mass is 32.1. The summed E-state index contributed by atoms with van der Waals surface area (Å²) in [6.07, 6.45) is 3.12. The number of hydrogen-bond donors (Lipinski definition) is 0. The molecular weight excluding hydrogens is 401 g/mol. The van der Waals surface area contributed by atoms with Crippen LogP contribution < -0.4 is 0 Å². The highest BCUT2D eigenvalue weighted by Crippen LogP contribution is 2.32. The second kappa shape index (κ2) is 8.19. The van der Waals surface area contributed by atoms with Gasteiger partial charge in [0, 0.05) is 21.8 Å². The van der Waals surface area contributed by atoms with Gasteiger partial charge >= 0.3 is 5.97 Å². The molecule has 6 heteroatoms. The van der Waals surface area contributed by atoms with Crippen LogP contribution in [0, 0.1) is 25.6 Å². The van der Waals surface area contributed by atoms with Crippen molar-refractivity contribution in [3.05, 3.63) is 74.5 Å². The van der Waals surface area contributed by atoms with Crippen molar-refractivity contribution >= 4 is 23.1 Å². The molecule has 30 heavy (non-hydrogen) atoms. The molecule has 1 atom stereocenters. The van der Waals surface area contributed by atoms with Gasteiger partial charge < -0.3 is 9.30 Å². The molecule has 0 fully saturated rings. The zero-order chi connectivity index (χ0) is 21.4. The van der Waals surface area contributed by atoms with E-state index in [9.17, 15) is 14.0 Å². The summed E-state index contributed by atoms with van der Waals surface area (Å²) < 4.78 is 21.3. The summed E-state index contributed by atoms with van der Waals surface area (Å²) in [7, 11) is 0.